The van der Waals surface area contributed by atoms with E-state index in [2.05, 4.69) is 21.2 Å². The van der Waals surface area contributed by atoms with E-state index < -0.39 is 5.97 Å². The molecule has 0 bridgehead atoms. The molecule has 108 valence electrons. The molecule has 2 rings (SSSR count). The summed E-state index contributed by atoms with van der Waals surface area (Å²) < 4.78 is 5.89. The number of Topliss-reactive ketones (excluding diaryl/α,β-unsaturated/α-hetero) is 1. The van der Waals surface area contributed by atoms with Crippen molar-refractivity contribution in [2.75, 3.05) is 19.0 Å². The number of halogens is 1. The normalized spacial score (nSPS) is 10.0. The van der Waals surface area contributed by atoms with E-state index in [9.17, 15) is 9.59 Å². The SMILES string of the molecule is CNc1ccccc1C(=O)OCC(=O)c1cccc(Br)c1. The van der Waals surface area contributed by atoms with E-state index in [1.807, 2.05) is 12.1 Å². The number of carbonyl (C=O) groups is 2. The van der Waals surface area contributed by atoms with Gasteiger partial charge in [-0.3, -0.25) is 4.79 Å². The molecule has 2 aromatic rings. The molecule has 0 aliphatic rings. The van der Waals surface area contributed by atoms with Gasteiger partial charge in [0.15, 0.2) is 12.4 Å². The number of anilines is 1. The second kappa shape index (κ2) is 7.04. The second-order valence-electron chi connectivity index (χ2n) is 4.31. The smallest absolute Gasteiger partial charge is 0.340 e. The predicted molar refractivity (Wildman–Crippen MR) is 84.7 cm³/mol. The van der Waals surface area contributed by atoms with Crippen molar-refractivity contribution in [3.63, 3.8) is 0 Å². The molecule has 0 amide bonds. The highest BCUT2D eigenvalue weighted by atomic mass is 79.9. The molecule has 0 unspecified atom stereocenters. The fourth-order valence-electron chi connectivity index (χ4n) is 1.83. The summed E-state index contributed by atoms with van der Waals surface area (Å²) in [6.07, 6.45) is 0. The van der Waals surface area contributed by atoms with Crippen LogP contribution in [-0.4, -0.2) is 25.4 Å². The lowest BCUT2D eigenvalue weighted by Gasteiger charge is -2.08. The van der Waals surface area contributed by atoms with Crippen LogP contribution < -0.4 is 5.32 Å². The lowest BCUT2D eigenvalue weighted by Crippen LogP contribution is -2.15. The summed E-state index contributed by atoms with van der Waals surface area (Å²) in [5.41, 5.74) is 1.57. The third kappa shape index (κ3) is 3.92. The monoisotopic (exact) mass is 347 g/mol. The van der Waals surface area contributed by atoms with Gasteiger partial charge in [-0.2, -0.15) is 0 Å². The topological polar surface area (TPSA) is 55.4 Å². The Morgan fingerprint density at radius 3 is 2.62 bits per heavy atom. The van der Waals surface area contributed by atoms with Crippen LogP contribution in [0.1, 0.15) is 20.7 Å². The van der Waals surface area contributed by atoms with Gasteiger partial charge in [-0.25, -0.2) is 4.79 Å². The zero-order valence-corrected chi connectivity index (χ0v) is 13.0. The van der Waals surface area contributed by atoms with Gasteiger partial charge in [0.1, 0.15) is 0 Å². The highest BCUT2D eigenvalue weighted by Gasteiger charge is 2.14. The van der Waals surface area contributed by atoms with Gasteiger partial charge in [0.2, 0.25) is 0 Å². The van der Waals surface area contributed by atoms with Crippen LogP contribution >= 0.6 is 15.9 Å². The molecule has 0 saturated carbocycles. The molecule has 0 spiro atoms. The maximum absolute atomic E-state index is 12.0. The molecule has 0 aromatic heterocycles. The maximum Gasteiger partial charge on any atom is 0.340 e. The Labute approximate surface area is 131 Å². The van der Waals surface area contributed by atoms with Gasteiger partial charge < -0.3 is 10.1 Å². The molecule has 21 heavy (non-hydrogen) atoms. The van der Waals surface area contributed by atoms with E-state index in [0.29, 0.717) is 16.8 Å². The van der Waals surface area contributed by atoms with Crippen LogP contribution in [0.15, 0.2) is 53.0 Å². The van der Waals surface area contributed by atoms with Crippen molar-refractivity contribution in [3.8, 4) is 0 Å². The molecule has 0 atom stereocenters. The van der Waals surface area contributed by atoms with Gasteiger partial charge in [0.05, 0.1) is 5.56 Å². The molecule has 2 aromatic carbocycles. The Balaban J connectivity index is 2.02. The number of carbonyl (C=O) groups excluding carboxylic acids is 2. The number of esters is 1. The van der Waals surface area contributed by atoms with Gasteiger partial charge >= 0.3 is 5.97 Å². The van der Waals surface area contributed by atoms with E-state index in [4.69, 9.17) is 4.74 Å². The molecule has 5 heteroatoms. The number of ether oxygens (including phenoxy) is 1. The van der Waals surface area contributed by atoms with Crippen molar-refractivity contribution in [1.29, 1.82) is 0 Å². The van der Waals surface area contributed by atoms with Crippen LogP contribution in [-0.2, 0) is 4.74 Å². The first-order valence-electron chi connectivity index (χ1n) is 6.34. The van der Waals surface area contributed by atoms with Crippen molar-refractivity contribution in [3.05, 3.63) is 64.1 Å². The third-order valence-corrected chi connectivity index (χ3v) is 3.39. The summed E-state index contributed by atoms with van der Waals surface area (Å²) in [4.78, 5) is 24.0. The highest BCUT2D eigenvalue weighted by Crippen LogP contribution is 2.16. The molecular formula is C16H14BrNO3. The summed E-state index contributed by atoms with van der Waals surface area (Å²) in [5, 5.41) is 2.91. The lowest BCUT2D eigenvalue weighted by atomic mass is 10.1. The van der Waals surface area contributed by atoms with Crippen molar-refractivity contribution in [2.24, 2.45) is 0 Å². The van der Waals surface area contributed by atoms with E-state index in [1.54, 1.807) is 43.4 Å². The number of hydrogen-bond donors (Lipinski definition) is 1. The summed E-state index contributed by atoms with van der Waals surface area (Å²) >= 11 is 3.30. The van der Waals surface area contributed by atoms with Gasteiger partial charge in [-0.1, -0.05) is 40.2 Å². The summed E-state index contributed by atoms with van der Waals surface area (Å²) in [6, 6.07) is 13.9. The predicted octanol–water partition coefficient (Wildman–Crippen LogP) is 3.53. The van der Waals surface area contributed by atoms with E-state index in [0.717, 1.165) is 4.47 Å². The van der Waals surface area contributed by atoms with Crippen molar-refractivity contribution in [1.82, 2.24) is 0 Å². The minimum absolute atomic E-state index is 0.244. The Morgan fingerprint density at radius 2 is 1.90 bits per heavy atom. The van der Waals surface area contributed by atoms with Crippen molar-refractivity contribution >= 4 is 33.4 Å². The molecule has 0 aliphatic heterocycles. The fraction of sp³-hybridized carbons (Fsp3) is 0.125. The first-order chi connectivity index (χ1) is 10.1. The van der Waals surface area contributed by atoms with Gasteiger partial charge in [0.25, 0.3) is 0 Å². The van der Waals surface area contributed by atoms with Crippen LogP contribution in [0.4, 0.5) is 5.69 Å². The van der Waals surface area contributed by atoms with E-state index in [1.165, 1.54) is 0 Å². The fourth-order valence-corrected chi connectivity index (χ4v) is 2.23. The van der Waals surface area contributed by atoms with Crippen LogP contribution in [0.3, 0.4) is 0 Å². The van der Waals surface area contributed by atoms with Gasteiger partial charge in [-0.15, -0.1) is 0 Å². The Hall–Kier alpha value is -2.14. The number of benzene rings is 2. The van der Waals surface area contributed by atoms with Crippen molar-refractivity contribution in [2.45, 2.75) is 0 Å². The van der Waals surface area contributed by atoms with E-state index >= 15 is 0 Å². The standard InChI is InChI=1S/C16H14BrNO3/c1-18-14-8-3-2-7-13(14)16(20)21-10-15(19)11-5-4-6-12(17)9-11/h2-9,18H,10H2,1H3. The third-order valence-electron chi connectivity index (χ3n) is 2.90. The molecule has 0 radical (unpaired) electrons. The Bertz CT molecular complexity index is 670. The van der Waals surface area contributed by atoms with Crippen molar-refractivity contribution < 1.29 is 14.3 Å². The molecule has 0 aliphatic carbocycles. The molecular weight excluding hydrogens is 334 g/mol. The zero-order chi connectivity index (χ0) is 15.2. The molecule has 1 N–H and O–H groups in total. The first kappa shape index (κ1) is 15.3. The summed E-state index contributed by atoms with van der Waals surface area (Å²) in [7, 11) is 1.72. The minimum atomic E-state index is -0.525. The number of para-hydroxylation sites is 1. The van der Waals surface area contributed by atoms with Crippen LogP contribution in [0.25, 0.3) is 0 Å². The Kier molecular flexibility index (Phi) is 5.11. The maximum atomic E-state index is 12.0. The minimum Gasteiger partial charge on any atom is -0.454 e. The quantitative estimate of drug-likeness (QED) is 0.663. The number of ketones is 1. The van der Waals surface area contributed by atoms with Crippen LogP contribution in [0, 0.1) is 0 Å². The molecule has 0 fully saturated rings. The lowest BCUT2D eigenvalue weighted by molar-refractivity contribution is 0.0475. The zero-order valence-electron chi connectivity index (χ0n) is 11.4. The summed E-state index contributed by atoms with van der Waals surface area (Å²) in [6.45, 7) is -0.284. The van der Waals surface area contributed by atoms with Crippen LogP contribution in [0.5, 0.6) is 0 Å². The largest absolute Gasteiger partial charge is 0.454 e. The van der Waals surface area contributed by atoms with Gasteiger partial charge in [0, 0.05) is 22.8 Å². The number of nitrogens with one attached hydrogen (secondary N) is 1. The average molecular weight is 348 g/mol. The molecule has 0 saturated heterocycles. The Morgan fingerprint density at radius 1 is 1.14 bits per heavy atom. The summed E-state index contributed by atoms with van der Waals surface area (Å²) in [5.74, 6) is -0.769. The number of hydrogen-bond acceptors (Lipinski definition) is 4. The molecule has 4 nitrogen and oxygen atoms in total. The van der Waals surface area contributed by atoms with Gasteiger partial charge in [-0.05, 0) is 24.3 Å². The second-order valence-corrected chi connectivity index (χ2v) is 5.22. The highest BCUT2D eigenvalue weighted by molar-refractivity contribution is 9.10. The number of rotatable bonds is 5. The van der Waals surface area contributed by atoms with Crippen LogP contribution in [0.2, 0.25) is 0 Å². The molecule has 0 heterocycles. The first-order valence-corrected chi connectivity index (χ1v) is 7.14. The average Bonchev–Trinajstić information content (AvgIpc) is 2.52. The van der Waals surface area contributed by atoms with E-state index in [-0.39, 0.29) is 12.4 Å².